The number of amides is 1. The highest BCUT2D eigenvalue weighted by Crippen LogP contribution is 2.37. The van der Waals surface area contributed by atoms with Crippen molar-refractivity contribution in [1.82, 2.24) is 4.72 Å². The number of anilines is 2. The van der Waals surface area contributed by atoms with Gasteiger partial charge in [0, 0.05) is 17.3 Å². The number of alkyl halides is 3. The van der Waals surface area contributed by atoms with Crippen LogP contribution in [-0.2, 0) is 16.2 Å². The number of fused-ring (bicyclic) bond motifs is 1. The van der Waals surface area contributed by atoms with Crippen molar-refractivity contribution in [3.05, 3.63) is 83.4 Å². The highest BCUT2D eigenvalue weighted by molar-refractivity contribution is 7.89. The van der Waals surface area contributed by atoms with Crippen LogP contribution in [0, 0.1) is 0 Å². The van der Waals surface area contributed by atoms with E-state index in [1.807, 2.05) is 0 Å². The summed E-state index contributed by atoms with van der Waals surface area (Å²) in [6.45, 7) is 0. The zero-order valence-electron chi connectivity index (χ0n) is 17.1. The number of hydrogen-bond acceptors (Lipinski definition) is 5. The van der Waals surface area contributed by atoms with Gasteiger partial charge in [-0.25, -0.2) is 8.42 Å². The Kier molecular flexibility index (Phi) is 5.76. The highest BCUT2D eigenvalue weighted by atomic mass is 32.2. The molecule has 3 N–H and O–H groups in total. The molecule has 33 heavy (non-hydrogen) atoms. The van der Waals surface area contributed by atoms with Gasteiger partial charge >= 0.3 is 6.18 Å². The standard InChI is InChI=1S/C22H18F3N3O4S/c1-32-17-4-2-3-16(12-17)26-21(29)14-7-5-13(6-8-14)20-27-18-11-15(22(23,24)25)9-10-19(18)33(30,31)28-20/h2-12,20,27-28H,1H3,(H,26,29). The summed E-state index contributed by atoms with van der Waals surface area (Å²) >= 11 is 0. The van der Waals surface area contributed by atoms with E-state index in [-0.39, 0.29) is 10.6 Å². The summed E-state index contributed by atoms with van der Waals surface area (Å²) in [6, 6.07) is 15.2. The summed E-state index contributed by atoms with van der Waals surface area (Å²) in [5, 5.41) is 5.50. The third-order valence-electron chi connectivity index (χ3n) is 5.00. The number of sulfonamides is 1. The molecule has 0 radical (unpaired) electrons. The zero-order valence-corrected chi connectivity index (χ0v) is 17.9. The van der Waals surface area contributed by atoms with Gasteiger partial charge in [-0.15, -0.1) is 0 Å². The SMILES string of the molecule is COc1cccc(NC(=O)c2ccc(C3Nc4cc(C(F)(F)F)ccc4S(=O)(=O)N3)cc2)c1. The van der Waals surface area contributed by atoms with E-state index in [0.29, 0.717) is 22.6 Å². The van der Waals surface area contributed by atoms with Gasteiger partial charge in [-0.3, -0.25) is 4.79 Å². The lowest BCUT2D eigenvalue weighted by Gasteiger charge is -2.29. The predicted molar refractivity (Wildman–Crippen MR) is 116 cm³/mol. The molecule has 0 bridgehead atoms. The summed E-state index contributed by atoms with van der Waals surface area (Å²) in [7, 11) is -2.54. The van der Waals surface area contributed by atoms with Gasteiger partial charge in [0.2, 0.25) is 10.0 Å². The van der Waals surface area contributed by atoms with E-state index >= 15 is 0 Å². The Balaban J connectivity index is 1.55. The van der Waals surface area contributed by atoms with Crippen molar-refractivity contribution in [1.29, 1.82) is 0 Å². The van der Waals surface area contributed by atoms with Crippen LogP contribution < -0.4 is 20.1 Å². The Hall–Kier alpha value is -3.57. The zero-order chi connectivity index (χ0) is 23.8. The third-order valence-corrected chi connectivity index (χ3v) is 6.48. The molecule has 3 aromatic rings. The molecule has 172 valence electrons. The van der Waals surface area contributed by atoms with Gasteiger partial charge in [0.05, 0.1) is 18.4 Å². The molecular weight excluding hydrogens is 459 g/mol. The first kappa shape index (κ1) is 22.6. The first-order chi connectivity index (χ1) is 15.6. The third kappa shape index (κ3) is 4.78. The van der Waals surface area contributed by atoms with Crippen LogP contribution in [0.2, 0.25) is 0 Å². The van der Waals surface area contributed by atoms with E-state index in [2.05, 4.69) is 15.4 Å². The Labute approximate surface area is 187 Å². The largest absolute Gasteiger partial charge is 0.497 e. The topological polar surface area (TPSA) is 96.5 Å². The van der Waals surface area contributed by atoms with Gasteiger partial charge in [-0.05, 0) is 48.0 Å². The first-order valence-electron chi connectivity index (χ1n) is 9.62. The number of ether oxygens (including phenoxy) is 1. The molecule has 1 unspecified atom stereocenters. The van der Waals surface area contributed by atoms with Crippen LogP contribution in [0.5, 0.6) is 5.75 Å². The molecular formula is C22H18F3N3O4S. The molecule has 1 aliphatic heterocycles. The van der Waals surface area contributed by atoms with Crippen molar-refractivity contribution in [3.8, 4) is 5.75 Å². The summed E-state index contributed by atoms with van der Waals surface area (Å²) in [5.41, 5.74) is 0.129. The first-order valence-corrected chi connectivity index (χ1v) is 11.1. The highest BCUT2D eigenvalue weighted by Gasteiger charge is 2.35. The molecule has 3 aromatic carbocycles. The number of nitrogens with one attached hydrogen (secondary N) is 3. The molecule has 0 saturated heterocycles. The number of methoxy groups -OCH3 is 1. The predicted octanol–water partition coefficient (Wildman–Crippen LogP) is 4.37. The van der Waals surface area contributed by atoms with Crippen molar-refractivity contribution in [2.45, 2.75) is 17.2 Å². The van der Waals surface area contributed by atoms with Gasteiger partial charge in [0.25, 0.3) is 5.91 Å². The summed E-state index contributed by atoms with van der Waals surface area (Å²) < 4.78 is 71.7. The fourth-order valence-electron chi connectivity index (χ4n) is 3.34. The van der Waals surface area contributed by atoms with Crippen molar-refractivity contribution in [2.24, 2.45) is 0 Å². The Morgan fingerprint density at radius 3 is 2.42 bits per heavy atom. The van der Waals surface area contributed by atoms with Crippen LogP contribution >= 0.6 is 0 Å². The van der Waals surface area contributed by atoms with Gasteiger partial charge in [-0.1, -0.05) is 18.2 Å². The van der Waals surface area contributed by atoms with E-state index in [1.165, 1.54) is 31.4 Å². The lowest BCUT2D eigenvalue weighted by Crippen LogP contribution is -2.38. The van der Waals surface area contributed by atoms with Gasteiger partial charge in [0.15, 0.2) is 0 Å². The average Bonchev–Trinajstić information content (AvgIpc) is 2.78. The quantitative estimate of drug-likeness (QED) is 0.519. The maximum absolute atomic E-state index is 13.1. The minimum absolute atomic E-state index is 0.159. The minimum Gasteiger partial charge on any atom is -0.497 e. The molecule has 1 amide bonds. The maximum Gasteiger partial charge on any atom is 0.416 e. The molecule has 0 saturated carbocycles. The fourth-order valence-corrected chi connectivity index (χ4v) is 4.63. The van der Waals surface area contributed by atoms with Crippen LogP contribution in [0.15, 0.2) is 71.6 Å². The van der Waals surface area contributed by atoms with Crippen molar-refractivity contribution in [2.75, 3.05) is 17.7 Å². The molecule has 1 heterocycles. The Bertz CT molecular complexity index is 1310. The van der Waals surface area contributed by atoms with Crippen LogP contribution in [0.1, 0.15) is 27.7 Å². The Morgan fingerprint density at radius 1 is 1.03 bits per heavy atom. The van der Waals surface area contributed by atoms with E-state index in [1.54, 1.807) is 24.3 Å². The van der Waals surface area contributed by atoms with Crippen LogP contribution in [0.4, 0.5) is 24.5 Å². The summed E-state index contributed by atoms with van der Waals surface area (Å²) in [4.78, 5) is 12.2. The van der Waals surface area contributed by atoms with Gasteiger partial charge < -0.3 is 15.4 Å². The molecule has 0 fully saturated rings. The lowest BCUT2D eigenvalue weighted by molar-refractivity contribution is -0.137. The monoisotopic (exact) mass is 477 g/mol. The normalized spacial score (nSPS) is 16.9. The van der Waals surface area contributed by atoms with E-state index in [4.69, 9.17) is 4.74 Å². The van der Waals surface area contributed by atoms with E-state index in [0.717, 1.165) is 18.2 Å². The lowest BCUT2D eigenvalue weighted by atomic mass is 10.1. The molecule has 4 rings (SSSR count). The van der Waals surface area contributed by atoms with Crippen molar-refractivity contribution in [3.63, 3.8) is 0 Å². The Morgan fingerprint density at radius 2 is 1.76 bits per heavy atom. The molecule has 0 aliphatic carbocycles. The number of rotatable bonds is 4. The van der Waals surface area contributed by atoms with Crippen LogP contribution in [0.25, 0.3) is 0 Å². The van der Waals surface area contributed by atoms with E-state index < -0.39 is 33.8 Å². The molecule has 11 heteroatoms. The van der Waals surface area contributed by atoms with Crippen LogP contribution in [-0.4, -0.2) is 21.4 Å². The molecule has 0 spiro atoms. The molecule has 1 aliphatic rings. The maximum atomic E-state index is 13.1. The van der Waals surface area contributed by atoms with Crippen molar-refractivity contribution < 1.29 is 31.1 Å². The smallest absolute Gasteiger partial charge is 0.416 e. The van der Waals surface area contributed by atoms with Gasteiger partial charge in [-0.2, -0.15) is 17.9 Å². The number of carbonyl (C=O) groups is 1. The molecule has 0 aromatic heterocycles. The summed E-state index contributed by atoms with van der Waals surface area (Å²) in [6.07, 6.45) is -5.62. The van der Waals surface area contributed by atoms with E-state index in [9.17, 15) is 26.4 Å². The molecule has 7 nitrogen and oxygen atoms in total. The number of benzene rings is 3. The second kappa shape index (κ2) is 8.41. The summed E-state index contributed by atoms with van der Waals surface area (Å²) in [5.74, 6) is 0.180. The van der Waals surface area contributed by atoms with Crippen LogP contribution in [0.3, 0.4) is 0 Å². The number of hydrogen-bond donors (Lipinski definition) is 3. The minimum atomic E-state index is -4.61. The number of halogens is 3. The van der Waals surface area contributed by atoms with Crippen molar-refractivity contribution >= 4 is 27.3 Å². The second-order valence-electron chi connectivity index (χ2n) is 7.22. The fraction of sp³-hybridized carbons (Fsp3) is 0.136. The number of carbonyl (C=O) groups excluding carboxylic acids is 1. The molecule has 1 atom stereocenters. The van der Waals surface area contributed by atoms with Gasteiger partial charge in [0.1, 0.15) is 16.8 Å². The average molecular weight is 477 g/mol. The second-order valence-corrected chi connectivity index (χ2v) is 8.90.